The molecule has 0 heterocycles. The second kappa shape index (κ2) is 13.8. The van der Waals surface area contributed by atoms with Gasteiger partial charge in [0.05, 0.1) is 0 Å². The van der Waals surface area contributed by atoms with Gasteiger partial charge >= 0.3 is 0 Å². The first-order chi connectivity index (χ1) is 16.2. The van der Waals surface area contributed by atoms with Gasteiger partial charge in [0.25, 0.3) is 0 Å². The van der Waals surface area contributed by atoms with Crippen molar-refractivity contribution < 1.29 is 0 Å². The first-order valence-corrected chi connectivity index (χ1v) is 12.0. The van der Waals surface area contributed by atoms with Gasteiger partial charge in [-0.05, 0) is 61.4 Å². The van der Waals surface area contributed by atoms with Crippen molar-refractivity contribution >= 4 is 29.2 Å². The zero-order valence-electron chi connectivity index (χ0n) is 20.9. The highest BCUT2D eigenvalue weighted by Crippen LogP contribution is 2.34. The molecule has 0 saturated carbocycles. The predicted octanol–water partition coefficient (Wildman–Crippen LogP) is 10.00. The monoisotopic (exact) mass is 435 g/mol. The van der Waals surface area contributed by atoms with E-state index >= 15 is 0 Å². The van der Waals surface area contributed by atoms with E-state index in [1.165, 1.54) is 22.3 Å². The van der Waals surface area contributed by atoms with Crippen molar-refractivity contribution in [1.29, 1.82) is 0 Å². The summed E-state index contributed by atoms with van der Waals surface area (Å²) in [6.07, 6.45) is 4.36. The number of aryl methyl sites for hydroxylation is 2. The van der Waals surface area contributed by atoms with Crippen molar-refractivity contribution in [2.45, 2.75) is 41.5 Å². The molecule has 0 saturated heterocycles. The number of nitrogens with zero attached hydrogens (tertiary/aromatic N) is 1. The molecule has 0 fully saturated rings. The Kier molecular flexibility index (Phi) is 10.7. The van der Waals surface area contributed by atoms with Crippen LogP contribution in [-0.4, -0.2) is 0 Å². The molecule has 0 spiro atoms. The average molecular weight is 436 g/mol. The number of hydrogen-bond acceptors (Lipinski definition) is 1. The second-order valence-corrected chi connectivity index (χ2v) is 7.35. The smallest absolute Gasteiger partial charge is 0.0462 e. The van der Waals surface area contributed by atoms with Gasteiger partial charge in [0.2, 0.25) is 0 Å². The largest absolute Gasteiger partial charge is 0.311 e. The van der Waals surface area contributed by atoms with Gasteiger partial charge < -0.3 is 4.90 Å². The molecule has 4 aromatic carbocycles. The van der Waals surface area contributed by atoms with E-state index in [-0.39, 0.29) is 0 Å². The molecular formula is C32H37N. The van der Waals surface area contributed by atoms with Crippen LogP contribution in [0.4, 0.5) is 17.1 Å². The van der Waals surface area contributed by atoms with Crippen LogP contribution in [0, 0.1) is 13.8 Å². The third kappa shape index (κ3) is 7.50. The van der Waals surface area contributed by atoms with E-state index in [0.717, 1.165) is 17.1 Å². The quantitative estimate of drug-likeness (QED) is 0.282. The molecule has 0 bridgehead atoms. The topological polar surface area (TPSA) is 3.24 Å². The number of rotatable bonds is 5. The molecule has 0 aliphatic rings. The van der Waals surface area contributed by atoms with Crippen molar-refractivity contribution in [3.63, 3.8) is 0 Å². The van der Waals surface area contributed by atoms with Gasteiger partial charge in [-0.1, -0.05) is 118 Å². The van der Waals surface area contributed by atoms with Crippen LogP contribution < -0.4 is 4.90 Å². The summed E-state index contributed by atoms with van der Waals surface area (Å²) in [7, 11) is 0. The summed E-state index contributed by atoms with van der Waals surface area (Å²) in [6.45, 7) is 12.3. The Morgan fingerprint density at radius 2 is 0.848 bits per heavy atom. The van der Waals surface area contributed by atoms with Gasteiger partial charge in [-0.15, -0.1) is 0 Å². The molecule has 0 aliphatic heterocycles. The molecule has 0 radical (unpaired) electrons. The van der Waals surface area contributed by atoms with Crippen LogP contribution in [0.1, 0.15) is 49.9 Å². The molecule has 0 N–H and O–H groups in total. The normalized spacial score (nSPS) is 10.0. The molecule has 33 heavy (non-hydrogen) atoms. The molecule has 0 amide bonds. The fraction of sp³-hybridized carbons (Fsp3) is 0.188. The molecule has 4 aromatic rings. The third-order valence-corrected chi connectivity index (χ3v) is 4.89. The zero-order chi connectivity index (χ0) is 24.1. The Hall–Kier alpha value is -3.58. The SMILES string of the molecule is CC.CC.Cc1cc(C)cc(C=Cc2ccc(N(c3ccccc3)c3ccccc3)cc2)c1. The van der Waals surface area contributed by atoms with E-state index in [2.05, 4.69) is 122 Å². The standard InChI is InChI=1S/C28H25N.2C2H6/c1-22-19-23(2)21-25(20-22)14-13-24-15-17-28(18-16-24)29(26-9-5-3-6-10-26)27-11-7-4-8-12-27;2*1-2/h3-21H,1-2H3;2*1-2H3. The molecule has 0 unspecified atom stereocenters. The van der Waals surface area contributed by atoms with E-state index < -0.39 is 0 Å². The maximum Gasteiger partial charge on any atom is 0.0462 e. The molecule has 0 atom stereocenters. The van der Waals surface area contributed by atoms with Crippen molar-refractivity contribution in [1.82, 2.24) is 0 Å². The van der Waals surface area contributed by atoms with Crippen LogP contribution in [0.2, 0.25) is 0 Å². The van der Waals surface area contributed by atoms with Crippen molar-refractivity contribution in [3.05, 3.63) is 125 Å². The molecule has 0 aromatic heterocycles. The number of benzene rings is 4. The lowest BCUT2D eigenvalue weighted by Crippen LogP contribution is -2.09. The minimum absolute atomic E-state index is 1.14. The maximum absolute atomic E-state index is 2.28. The van der Waals surface area contributed by atoms with Gasteiger partial charge in [-0.25, -0.2) is 0 Å². The van der Waals surface area contributed by atoms with Crippen molar-refractivity contribution in [2.75, 3.05) is 4.90 Å². The second-order valence-electron chi connectivity index (χ2n) is 7.35. The summed E-state index contributed by atoms with van der Waals surface area (Å²) in [4.78, 5) is 2.28. The van der Waals surface area contributed by atoms with E-state index in [1.807, 2.05) is 39.8 Å². The van der Waals surface area contributed by atoms with Crippen LogP contribution in [0.3, 0.4) is 0 Å². The molecular weight excluding hydrogens is 398 g/mol. The number of hydrogen-bond donors (Lipinski definition) is 0. The summed E-state index contributed by atoms with van der Waals surface area (Å²) < 4.78 is 0. The Balaban J connectivity index is 0.000000914. The van der Waals surface area contributed by atoms with Gasteiger partial charge in [0.15, 0.2) is 0 Å². The van der Waals surface area contributed by atoms with Gasteiger partial charge in [-0.3, -0.25) is 0 Å². The third-order valence-electron chi connectivity index (χ3n) is 4.89. The van der Waals surface area contributed by atoms with Gasteiger partial charge in [0, 0.05) is 17.1 Å². The minimum atomic E-state index is 1.14. The summed E-state index contributed by atoms with van der Waals surface area (Å²) in [6, 6.07) is 36.3. The molecule has 1 heteroatoms. The Bertz CT molecular complexity index is 1030. The number of para-hydroxylation sites is 2. The van der Waals surface area contributed by atoms with Crippen LogP contribution in [0.15, 0.2) is 103 Å². The highest BCUT2D eigenvalue weighted by molar-refractivity contribution is 5.78. The molecule has 1 nitrogen and oxygen atoms in total. The van der Waals surface area contributed by atoms with E-state index in [1.54, 1.807) is 0 Å². The fourth-order valence-electron chi connectivity index (χ4n) is 3.63. The highest BCUT2D eigenvalue weighted by atomic mass is 15.1. The van der Waals surface area contributed by atoms with Crippen LogP contribution in [0.5, 0.6) is 0 Å². The number of anilines is 3. The molecule has 4 rings (SSSR count). The molecule has 0 aliphatic carbocycles. The van der Waals surface area contributed by atoms with E-state index in [9.17, 15) is 0 Å². The fourth-order valence-corrected chi connectivity index (χ4v) is 3.63. The van der Waals surface area contributed by atoms with Crippen LogP contribution in [0.25, 0.3) is 12.2 Å². The maximum atomic E-state index is 2.28. The Labute approximate surface area is 201 Å². The average Bonchev–Trinajstić information content (AvgIpc) is 2.87. The van der Waals surface area contributed by atoms with Crippen LogP contribution in [-0.2, 0) is 0 Å². The first-order valence-electron chi connectivity index (χ1n) is 12.0. The lowest BCUT2D eigenvalue weighted by atomic mass is 10.1. The summed E-state index contributed by atoms with van der Waals surface area (Å²) in [5, 5.41) is 0. The zero-order valence-corrected chi connectivity index (χ0v) is 20.9. The molecule has 170 valence electrons. The van der Waals surface area contributed by atoms with E-state index in [4.69, 9.17) is 0 Å². The lowest BCUT2D eigenvalue weighted by Gasteiger charge is -2.25. The Morgan fingerprint density at radius 3 is 1.30 bits per heavy atom. The van der Waals surface area contributed by atoms with Gasteiger partial charge in [-0.2, -0.15) is 0 Å². The Morgan fingerprint density at radius 1 is 0.455 bits per heavy atom. The first kappa shape index (κ1) is 25.7. The summed E-state index contributed by atoms with van der Waals surface area (Å²) in [5.74, 6) is 0. The summed E-state index contributed by atoms with van der Waals surface area (Å²) >= 11 is 0. The van der Waals surface area contributed by atoms with Gasteiger partial charge in [0.1, 0.15) is 0 Å². The van der Waals surface area contributed by atoms with E-state index in [0.29, 0.717) is 0 Å². The van der Waals surface area contributed by atoms with Crippen molar-refractivity contribution in [3.8, 4) is 0 Å². The summed E-state index contributed by atoms with van der Waals surface area (Å²) in [5.41, 5.74) is 8.46. The lowest BCUT2D eigenvalue weighted by molar-refractivity contribution is 1.28. The highest BCUT2D eigenvalue weighted by Gasteiger charge is 2.11. The predicted molar refractivity (Wildman–Crippen MR) is 149 cm³/mol. The minimum Gasteiger partial charge on any atom is -0.311 e. The van der Waals surface area contributed by atoms with Crippen molar-refractivity contribution in [2.24, 2.45) is 0 Å². The van der Waals surface area contributed by atoms with Crippen LogP contribution >= 0.6 is 0 Å².